The highest BCUT2D eigenvalue weighted by Crippen LogP contribution is 2.24. The molecule has 0 aliphatic carbocycles. The Morgan fingerprint density at radius 3 is 2.84 bits per heavy atom. The van der Waals surface area contributed by atoms with Crippen LogP contribution in [0.3, 0.4) is 0 Å². The van der Waals surface area contributed by atoms with Crippen LogP contribution in [0.1, 0.15) is 41.9 Å². The van der Waals surface area contributed by atoms with Gasteiger partial charge in [-0.2, -0.15) is 4.98 Å². The summed E-state index contributed by atoms with van der Waals surface area (Å²) in [6.07, 6.45) is 3.66. The number of likely N-dealkylation sites (tertiary alicyclic amines) is 1. The van der Waals surface area contributed by atoms with Crippen molar-refractivity contribution >= 4 is 29.1 Å². The average molecular weight is 524 g/mol. The van der Waals surface area contributed by atoms with E-state index in [4.69, 9.17) is 20.9 Å². The molecule has 37 heavy (non-hydrogen) atoms. The number of carbonyl (C=O) groups excluding carboxylic acids is 2. The number of rotatable bonds is 8. The molecule has 1 aromatic heterocycles. The molecule has 2 aliphatic rings. The van der Waals surface area contributed by atoms with E-state index in [-0.39, 0.29) is 23.8 Å². The van der Waals surface area contributed by atoms with Crippen molar-refractivity contribution in [3.8, 4) is 11.4 Å². The first-order chi connectivity index (χ1) is 18.0. The lowest BCUT2D eigenvalue weighted by atomic mass is 9.96. The van der Waals surface area contributed by atoms with E-state index >= 15 is 0 Å². The van der Waals surface area contributed by atoms with Gasteiger partial charge in [0.05, 0.1) is 29.8 Å². The number of nitrogens with zero attached hydrogens (tertiary/aromatic N) is 3. The highest BCUT2D eigenvalue weighted by atomic mass is 35.5. The first-order valence-electron chi connectivity index (χ1n) is 12.7. The minimum Gasteiger partial charge on any atom is -0.376 e. The number of halogens is 1. The molecule has 3 heterocycles. The standard InChI is InChI=1S/C27H30ClN5O4/c28-20-8-3-6-18(14-20)25-31-24(37-32-25)17-33-12-4-7-19(16-33)26(34)30-23-11-2-1-10-22(23)27(35)29-15-21-9-5-13-36-21/h1-3,6,8,10-11,14,19,21H,4-5,7,9,12-13,15-17H2,(H,29,35)(H,30,34). The van der Waals surface area contributed by atoms with Gasteiger partial charge in [0, 0.05) is 30.3 Å². The van der Waals surface area contributed by atoms with Crippen molar-refractivity contribution in [3.63, 3.8) is 0 Å². The number of nitrogens with one attached hydrogen (secondary N) is 2. The Morgan fingerprint density at radius 2 is 2.00 bits per heavy atom. The van der Waals surface area contributed by atoms with E-state index in [1.165, 1.54) is 0 Å². The van der Waals surface area contributed by atoms with Gasteiger partial charge in [-0.25, -0.2) is 0 Å². The van der Waals surface area contributed by atoms with Crippen molar-refractivity contribution < 1.29 is 18.8 Å². The van der Waals surface area contributed by atoms with E-state index in [1.54, 1.807) is 30.3 Å². The maximum absolute atomic E-state index is 13.2. The molecule has 2 atom stereocenters. The fourth-order valence-corrected chi connectivity index (χ4v) is 4.99. The van der Waals surface area contributed by atoms with Gasteiger partial charge in [-0.1, -0.05) is 41.0 Å². The minimum absolute atomic E-state index is 0.0550. The van der Waals surface area contributed by atoms with Crippen molar-refractivity contribution in [2.24, 2.45) is 5.92 Å². The Balaban J connectivity index is 1.18. The third-order valence-corrected chi connectivity index (χ3v) is 6.97. The van der Waals surface area contributed by atoms with E-state index in [0.29, 0.717) is 47.6 Å². The number of amides is 2. The third-order valence-electron chi connectivity index (χ3n) is 6.73. The van der Waals surface area contributed by atoms with E-state index in [9.17, 15) is 9.59 Å². The molecule has 9 nitrogen and oxygen atoms in total. The summed E-state index contributed by atoms with van der Waals surface area (Å²) in [7, 11) is 0. The van der Waals surface area contributed by atoms with Gasteiger partial charge in [-0.05, 0) is 56.5 Å². The lowest BCUT2D eigenvalue weighted by molar-refractivity contribution is -0.121. The molecule has 0 bridgehead atoms. The summed E-state index contributed by atoms with van der Waals surface area (Å²) < 4.78 is 11.0. The highest BCUT2D eigenvalue weighted by Gasteiger charge is 2.28. The summed E-state index contributed by atoms with van der Waals surface area (Å²) in [6, 6.07) is 14.4. The number of anilines is 1. The quantitative estimate of drug-likeness (QED) is 0.456. The molecule has 0 radical (unpaired) electrons. The molecule has 3 aromatic rings. The average Bonchev–Trinajstić information content (AvgIpc) is 3.60. The van der Waals surface area contributed by atoms with Gasteiger partial charge in [0.2, 0.25) is 17.6 Å². The number of hydrogen-bond acceptors (Lipinski definition) is 7. The predicted molar refractivity (Wildman–Crippen MR) is 139 cm³/mol. The molecule has 2 aliphatic heterocycles. The van der Waals surface area contributed by atoms with Crippen LogP contribution in [0.4, 0.5) is 5.69 Å². The second kappa shape index (κ2) is 11.9. The topological polar surface area (TPSA) is 110 Å². The maximum atomic E-state index is 13.2. The molecular formula is C27H30ClN5O4. The van der Waals surface area contributed by atoms with Crippen molar-refractivity contribution in [3.05, 3.63) is 65.0 Å². The van der Waals surface area contributed by atoms with Gasteiger partial charge < -0.3 is 19.9 Å². The molecule has 5 rings (SSSR count). The van der Waals surface area contributed by atoms with Crippen LogP contribution in [0.15, 0.2) is 53.1 Å². The van der Waals surface area contributed by atoms with Gasteiger partial charge in [0.1, 0.15) is 0 Å². The van der Waals surface area contributed by atoms with Gasteiger partial charge in [-0.3, -0.25) is 14.5 Å². The van der Waals surface area contributed by atoms with Crippen LogP contribution in [-0.4, -0.2) is 59.2 Å². The van der Waals surface area contributed by atoms with Crippen LogP contribution < -0.4 is 10.6 Å². The van der Waals surface area contributed by atoms with E-state index in [1.807, 2.05) is 18.2 Å². The van der Waals surface area contributed by atoms with E-state index < -0.39 is 0 Å². The second-order valence-corrected chi connectivity index (χ2v) is 9.91. The Bertz CT molecular complexity index is 1240. The smallest absolute Gasteiger partial charge is 0.253 e. The zero-order valence-corrected chi connectivity index (χ0v) is 21.2. The summed E-state index contributed by atoms with van der Waals surface area (Å²) in [5.41, 5.74) is 1.75. The van der Waals surface area contributed by atoms with Crippen LogP contribution in [0.2, 0.25) is 5.02 Å². The van der Waals surface area contributed by atoms with Crippen molar-refractivity contribution in [1.82, 2.24) is 20.4 Å². The number of ether oxygens (including phenoxy) is 1. The van der Waals surface area contributed by atoms with Crippen molar-refractivity contribution in [2.75, 3.05) is 31.6 Å². The van der Waals surface area contributed by atoms with Gasteiger partial charge in [-0.15, -0.1) is 0 Å². The van der Waals surface area contributed by atoms with Crippen molar-refractivity contribution in [1.29, 1.82) is 0 Å². The Hall–Kier alpha value is -3.27. The van der Waals surface area contributed by atoms with Crippen LogP contribution in [-0.2, 0) is 16.1 Å². The fraction of sp³-hybridized carbons (Fsp3) is 0.407. The SMILES string of the molecule is O=C(NCC1CCCO1)c1ccccc1NC(=O)C1CCCN(Cc2nc(-c3cccc(Cl)c3)no2)C1. The summed E-state index contributed by atoms with van der Waals surface area (Å²) in [5.74, 6) is 0.437. The lowest BCUT2D eigenvalue weighted by Gasteiger charge is -2.31. The highest BCUT2D eigenvalue weighted by molar-refractivity contribution is 6.30. The zero-order chi connectivity index (χ0) is 25.6. The molecule has 2 saturated heterocycles. The zero-order valence-electron chi connectivity index (χ0n) is 20.5. The molecular weight excluding hydrogens is 494 g/mol. The number of hydrogen-bond donors (Lipinski definition) is 2. The Morgan fingerprint density at radius 1 is 1.11 bits per heavy atom. The predicted octanol–water partition coefficient (Wildman–Crippen LogP) is 4.15. The normalized spacial score (nSPS) is 20.0. The molecule has 10 heteroatoms. The molecule has 2 fully saturated rings. The first-order valence-corrected chi connectivity index (χ1v) is 13.0. The molecule has 2 amide bonds. The fourth-order valence-electron chi connectivity index (χ4n) is 4.80. The monoisotopic (exact) mass is 523 g/mol. The number of para-hydroxylation sites is 1. The number of carbonyl (C=O) groups is 2. The number of piperidine rings is 1. The summed E-state index contributed by atoms with van der Waals surface area (Å²) in [4.78, 5) is 32.6. The molecule has 2 N–H and O–H groups in total. The summed E-state index contributed by atoms with van der Waals surface area (Å²) in [6.45, 7) is 3.06. The molecule has 2 unspecified atom stereocenters. The summed E-state index contributed by atoms with van der Waals surface area (Å²) in [5, 5.41) is 10.6. The van der Waals surface area contributed by atoms with Crippen LogP contribution in [0.5, 0.6) is 0 Å². The van der Waals surface area contributed by atoms with E-state index in [2.05, 4.69) is 25.7 Å². The molecule has 0 spiro atoms. The summed E-state index contributed by atoms with van der Waals surface area (Å²) >= 11 is 6.07. The lowest BCUT2D eigenvalue weighted by Crippen LogP contribution is -2.40. The van der Waals surface area contributed by atoms with Gasteiger partial charge >= 0.3 is 0 Å². The van der Waals surface area contributed by atoms with Gasteiger partial charge in [0.25, 0.3) is 5.91 Å². The maximum Gasteiger partial charge on any atom is 0.253 e. The first kappa shape index (κ1) is 25.4. The largest absolute Gasteiger partial charge is 0.376 e. The van der Waals surface area contributed by atoms with Gasteiger partial charge in [0.15, 0.2) is 0 Å². The number of aromatic nitrogens is 2. The number of benzene rings is 2. The Kier molecular flexibility index (Phi) is 8.13. The molecule has 194 valence electrons. The van der Waals surface area contributed by atoms with Crippen LogP contribution >= 0.6 is 11.6 Å². The van der Waals surface area contributed by atoms with E-state index in [0.717, 1.165) is 44.4 Å². The molecule has 2 aromatic carbocycles. The minimum atomic E-state index is -0.219. The van der Waals surface area contributed by atoms with Crippen LogP contribution in [0, 0.1) is 5.92 Å². The third kappa shape index (κ3) is 6.54. The van der Waals surface area contributed by atoms with Crippen LogP contribution in [0.25, 0.3) is 11.4 Å². The second-order valence-electron chi connectivity index (χ2n) is 9.48. The Labute approximate surface area is 220 Å². The van der Waals surface area contributed by atoms with Crippen molar-refractivity contribution in [2.45, 2.75) is 38.3 Å². The molecule has 0 saturated carbocycles.